The molecular weight excluding hydrogens is 200 g/mol. The Bertz CT molecular complexity index is 143. The van der Waals surface area contributed by atoms with Gasteiger partial charge in [0, 0.05) is 6.61 Å². The Morgan fingerprint density at radius 2 is 1.93 bits per heavy atom. The lowest BCUT2D eigenvalue weighted by atomic mass is 10.1. The Hall–Kier alpha value is 0.177. The highest BCUT2D eigenvalue weighted by Gasteiger charge is 2.23. The molecule has 0 amide bonds. The van der Waals surface area contributed by atoms with Gasteiger partial charge >= 0.3 is 0 Å². The Kier molecular flexibility index (Phi) is 7.37. The van der Waals surface area contributed by atoms with Crippen molar-refractivity contribution in [1.29, 1.82) is 0 Å². The maximum absolute atomic E-state index is 5.92. The van der Waals surface area contributed by atoms with E-state index in [1.54, 1.807) is 0 Å². The zero-order valence-corrected chi connectivity index (χ0v) is 11.6. The number of hydrogen-bond acceptors (Lipinski definition) is 1. The smallest absolute Gasteiger partial charge is 0.214 e. The summed E-state index contributed by atoms with van der Waals surface area (Å²) in [7, 11) is -0.418. The molecule has 1 unspecified atom stereocenters. The van der Waals surface area contributed by atoms with E-state index in [4.69, 9.17) is 4.43 Å². The summed E-state index contributed by atoms with van der Waals surface area (Å²) >= 11 is 0. The Labute approximate surface area is 97.3 Å². The second-order valence-electron chi connectivity index (χ2n) is 4.88. The van der Waals surface area contributed by atoms with Crippen LogP contribution >= 0.6 is 0 Å². The minimum Gasteiger partial charge on any atom is -0.416 e. The van der Waals surface area contributed by atoms with Crippen molar-refractivity contribution in [2.24, 2.45) is 0 Å². The average Bonchev–Trinajstić information content (AvgIpc) is 2.30. The molecule has 0 aliphatic carbocycles. The monoisotopic (exact) mass is 227 g/mol. The SMILES string of the molecule is CCCCCCCC(C)[Si]1CCCCO1. The fraction of sp³-hybridized carbons (Fsp3) is 1.00. The van der Waals surface area contributed by atoms with Gasteiger partial charge in [0.05, 0.1) is 0 Å². The first-order chi connectivity index (χ1) is 7.34. The molecule has 1 atom stereocenters. The molecule has 0 bridgehead atoms. The zero-order valence-electron chi connectivity index (χ0n) is 10.6. The number of rotatable bonds is 7. The predicted octanol–water partition coefficient (Wildman–Crippen LogP) is 4.54. The zero-order chi connectivity index (χ0) is 10.9. The van der Waals surface area contributed by atoms with Gasteiger partial charge in [-0.1, -0.05) is 58.8 Å². The predicted molar refractivity (Wildman–Crippen MR) is 68.5 cm³/mol. The summed E-state index contributed by atoms with van der Waals surface area (Å²) in [6.45, 7) is 5.75. The van der Waals surface area contributed by atoms with Gasteiger partial charge in [0.1, 0.15) is 0 Å². The van der Waals surface area contributed by atoms with Crippen LogP contribution in [0.25, 0.3) is 0 Å². The highest BCUT2D eigenvalue weighted by molar-refractivity contribution is 6.53. The standard InChI is InChI=1S/C13H27OSi/c1-3-4-5-6-7-10-13(2)15-12-9-8-11-14-15/h13H,3-12H2,1-2H3. The van der Waals surface area contributed by atoms with E-state index in [2.05, 4.69) is 13.8 Å². The normalized spacial score (nSPS) is 20.4. The summed E-state index contributed by atoms with van der Waals surface area (Å²) in [6.07, 6.45) is 11.2. The first-order valence-electron chi connectivity index (χ1n) is 6.83. The molecule has 0 aromatic rings. The molecule has 1 rings (SSSR count). The molecule has 89 valence electrons. The van der Waals surface area contributed by atoms with Crippen LogP contribution in [-0.4, -0.2) is 15.6 Å². The lowest BCUT2D eigenvalue weighted by Crippen LogP contribution is -2.27. The fourth-order valence-corrected chi connectivity index (χ4v) is 4.73. The molecule has 0 saturated carbocycles. The van der Waals surface area contributed by atoms with Gasteiger partial charge in [0.15, 0.2) is 0 Å². The van der Waals surface area contributed by atoms with E-state index < -0.39 is 9.04 Å². The quantitative estimate of drug-likeness (QED) is 0.458. The fourth-order valence-electron chi connectivity index (χ4n) is 2.28. The summed E-state index contributed by atoms with van der Waals surface area (Å²) in [6, 6.07) is 1.40. The molecule has 0 aromatic carbocycles. The van der Waals surface area contributed by atoms with E-state index in [1.807, 2.05) is 0 Å². The second-order valence-corrected chi connectivity index (χ2v) is 7.58. The number of unbranched alkanes of at least 4 members (excludes halogenated alkanes) is 4. The first kappa shape index (κ1) is 13.2. The molecular formula is C13H27OSi. The van der Waals surface area contributed by atoms with Crippen LogP contribution in [0.2, 0.25) is 11.6 Å². The Balaban J connectivity index is 1.99. The lowest BCUT2D eigenvalue weighted by molar-refractivity contribution is 0.278. The van der Waals surface area contributed by atoms with E-state index in [1.165, 1.54) is 57.4 Å². The maximum atomic E-state index is 5.92. The molecule has 0 N–H and O–H groups in total. The largest absolute Gasteiger partial charge is 0.416 e. The minimum absolute atomic E-state index is 0.418. The minimum atomic E-state index is -0.418. The van der Waals surface area contributed by atoms with E-state index in [9.17, 15) is 0 Å². The van der Waals surface area contributed by atoms with Gasteiger partial charge in [-0.3, -0.25) is 0 Å². The summed E-state index contributed by atoms with van der Waals surface area (Å²) in [5.41, 5.74) is 0.886. The van der Waals surface area contributed by atoms with Crippen molar-refractivity contribution >= 4 is 9.04 Å². The molecule has 0 aromatic heterocycles. The van der Waals surface area contributed by atoms with Crippen LogP contribution in [0.5, 0.6) is 0 Å². The highest BCUT2D eigenvalue weighted by atomic mass is 28.3. The van der Waals surface area contributed by atoms with E-state index in [-0.39, 0.29) is 0 Å². The summed E-state index contributed by atoms with van der Waals surface area (Å²) in [5, 5.41) is 0. The van der Waals surface area contributed by atoms with Gasteiger partial charge in [0.25, 0.3) is 0 Å². The Morgan fingerprint density at radius 1 is 1.13 bits per heavy atom. The molecule has 1 heterocycles. The van der Waals surface area contributed by atoms with Gasteiger partial charge < -0.3 is 4.43 Å². The van der Waals surface area contributed by atoms with Crippen LogP contribution in [-0.2, 0) is 4.43 Å². The van der Waals surface area contributed by atoms with Crippen molar-refractivity contribution < 1.29 is 4.43 Å². The third-order valence-corrected chi connectivity index (χ3v) is 6.20. The lowest BCUT2D eigenvalue weighted by Gasteiger charge is -2.25. The average molecular weight is 227 g/mol. The van der Waals surface area contributed by atoms with Crippen molar-refractivity contribution in [1.82, 2.24) is 0 Å². The topological polar surface area (TPSA) is 9.23 Å². The molecule has 2 heteroatoms. The third kappa shape index (κ3) is 5.72. The Morgan fingerprint density at radius 3 is 2.60 bits per heavy atom. The molecule has 1 aliphatic rings. The molecule has 1 fully saturated rings. The van der Waals surface area contributed by atoms with Gasteiger partial charge in [-0.2, -0.15) is 0 Å². The molecule has 15 heavy (non-hydrogen) atoms. The van der Waals surface area contributed by atoms with Crippen molar-refractivity contribution in [3.8, 4) is 0 Å². The molecule has 1 radical (unpaired) electrons. The molecule has 1 saturated heterocycles. The first-order valence-corrected chi connectivity index (χ1v) is 8.52. The van der Waals surface area contributed by atoms with Crippen LogP contribution in [0.15, 0.2) is 0 Å². The van der Waals surface area contributed by atoms with Gasteiger partial charge in [-0.05, 0) is 18.0 Å². The maximum Gasteiger partial charge on any atom is 0.214 e. The van der Waals surface area contributed by atoms with Crippen molar-refractivity contribution in [3.63, 3.8) is 0 Å². The molecule has 1 nitrogen and oxygen atoms in total. The van der Waals surface area contributed by atoms with Crippen LogP contribution in [0.4, 0.5) is 0 Å². The third-order valence-electron chi connectivity index (χ3n) is 3.40. The van der Waals surface area contributed by atoms with Gasteiger partial charge in [-0.25, -0.2) is 0 Å². The van der Waals surface area contributed by atoms with E-state index >= 15 is 0 Å². The summed E-state index contributed by atoms with van der Waals surface area (Å²) < 4.78 is 5.92. The van der Waals surface area contributed by atoms with Crippen LogP contribution in [0.1, 0.15) is 65.2 Å². The second kappa shape index (κ2) is 8.34. The van der Waals surface area contributed by atoms with Gasteiger partial charge in [-0.15, -0.1) is 0 Å². The molecule has 1 aliphatic heterocycles. The van der Waals surface area contributed by atoms with Crippen LogP contribution in [0, 0.1) is 0 Å². The summed E-state index contributed by atoms with van der Waals surface area (Å²) in [5.74, 6) is 0. The molecule has 0 spiro atoms. The number of hydrogen-bond donors (Lipinski definition) is 0. The van der Waals surface area contributed by atoms with Crippen LogP contribution < -0.4 is 0 Å². The van der Waals surface area contributed by atoms with E-state index in [0.29, 0.717) is 0 Å². The van der Waals surface area contributed by atoms with Crippen molar-refractivity contribution in [2.75, 3.05) is 6.61 Å². The van der Waals surface area contributed by atoms with Crippen molar-refractivity contribution in [3.05, 3.63) is 0 Å². The van der Waals surface area contributed by atoms with E-state index in [0.717, 1.165) is 12.1 Å². The summed E-state index contributed by atoms with van der Waals surface area (Å²) in [4.78, 5) is 0. The highest BCUT2D eigenvalue weighted by Crippen LogP contribution is 2.26. The van der Waals surface area contributed by atoms with Crippen molar-refractivity contribution in [2.45, 2.75) is 76.8 Å². The van der Waals surface area contributed by atoms with Gasteiger partial charge in [0.2, 0.25) is 9.04 Å². The van der Waals surface area contributed by atoms with Crippen LogP contribution in [0.3, 0.4) is 0 Å².